The molecule has 0 aliphatic heterocycles. The van der Waals surface area contributed by atoms with Gasteiger partial charge in [-0.25, -0.2) is 15.2 Å². The van der Waals surface area contributed by atoms with Gasteiger partial charge in [-0.2, -0.15) is 4.65 Å². The summed E-state index contributed by atoms with van der Waals surface area (Å²) in [6, 6.07) is 15.7. The zero-order valence-corrected chi connectivity index (χ0v) is 34.6. The summed E-state index contributed by atoms with van der Waals surface area (Å²) < 4.78 is -1.34. The number of unbranched alkanes of at least 4 members (excludes halogenated alkanes) is 1. The fourth-order valence-electron chi connectivity index (χ4n) is 6.27. The number of hydroxylamine groups is 3. The number of carbonyl (C=O) groups excluding carboxylic acids is 2. The van der Waals surface area contributed by atoms with E-state index in [0.29, 0.717) is 13.0 Å². The average molecular weight is 897 g/mol. The molecule has 0 radical (unpaired) electrons. The average Bonchev–Trinajstić information content (AvgIpc) is 3.25. The Bertz CT molecular complexity index is 1850. The van der Waals surface area contributed by atoms with Crippen molar-refractivity contribution in [3.8, 4) is 11.1 Å². The summed E-state index contributed by atoms with van der Waals surface area (Å²) in [5, 5.41) is 126. The third kappa shape index (κ3) is 15.9. The summed E-state index contributed by atoms with van der Waals surface area (Å²) in [6.07, 6.45) is -13.1. The molecule has 344 valence electrons. The van der Waals surface area contributed by atoms with Crippen LogP contribution in [0.15, 0.2) is 48.5 Å². The molecule has 0 aliphatic rings. The Kier molecular flexibility index (Phi) is 20.7. The predicted octanol–water partition coefficient (Wildman–Crippen LogP) is -3.63. The predicted molar refractivity (Wildman–Crippen MR) is 224 cm³/mol. The zero-order chi connectivity index (χ0) is 46.1. The van der Waals surface area contributed by atoms with E-state index in [9.17, 15) is 55.6 Å². The number of hydrogen-bond donors (Lipinski definition) is 17. The van der Waals surface area contributed by atoms with Crippen LogP contribution in [0, 0.1) is 5.41 Å². The maximum atomic E-state index is 12.7. The van der Waals surface area contributed by atoms with Crippen LogP contribution in [-0.4, -0.2) is 183 Å². The van der Waals surface area contributed by atoms with Crippen molar-refractivity contribution in [3.63, 3.8) is 0 Å². The second-order valence-corrected chi connectivity index (χ2v) is 15.2. The molecule has 0 aliphatic carbocycles. The van der Waals surface area contributed by atoms with Crippen LogP contribution in [0.25, 0.3) is 11.1 Å². The molecule has 23 heteroatoms. The maximum absolute atomic E-state index is 12.7. The number of rotatable bonds is 25. The van der Waals surface area contributed by atoms with Gasteiger partial charge in [-0.15, -0.1) is 0 Å². The summed E-state index contributed by atoms with van der Waals surface area (Å²) in [5.74, 6) is -1.71. The van der Waals surface area contributed by atoms with Crippen LogP contribution in [-0.2, 0) is 17.6 Å². The highest BCUT2D eigenvalue weighted by Crippen LogP contribution is 2.22. The van der Waals surface area contributed by atoms with E-state index in [1.165, 1.54) is 0 Å². The molecule has 3 aromatic rings. The molecule has 0 saturated heterocycles. The van der Waals surface area contributed by atoms with Crippen molar-refractivity contribution < 1.29 is 70.5 Å². The topological polar surface area (TPSA) is 394 Å². The van der Waals surface area contributed by atoms with Gasteiger partial charge in [-0.05, 0) is 47.9 Å². The van der Waals surface area contributed by atoms with E-state index >= 15 is 0 Å². The second kappa shape index (κ2) is 24.8. The van der Waals surface area contributed by atoms with Crippen LogP contribution in [0.2, 0.25) is 5.15 Å². The van der Waals surface area contributed by atoms with Crippen LogP contribution in [0.1, 0.15) is 40.9 Å². The first-order valence-electron chi connectivity index (χ1n) is 19.7. The van der Waals surface area contributed by atoms with Crippen molar-refractivity contribution in [3.05, 3.63) is 70.5 Å². The number of aliphatic hydroxyl groups is 10. The quantitative estimate of drug-likeness (QED) is 0.0128. The van der Waals surface area contributed by atoms with E-state index in [1.54, 1.807) is 0 Å². The molecule has 22 nitrogen and oxygen atoms in total. The number of nitrogens with two attached hydrogens (primary N) is 2. The largest absolute Gasteiger partial charge is 0.394 e. The molecule has 8 atom stereocenters. The molecular weight excluding hydrogens is 838 g/mol. The van der Waals surface area contributed by atoms with Crippen molar-refractivity contribution in [2.75, 3.05) is 57.4 Å². The van der Waals surface area contributed by atoms with Gasteiger partial charge in [0.1, 0.15) is 68.5 Å². The Morgan fingerprint density at radius 3 is 1.66 bits per heavy atom. The summed E-state index contributed by atoms with van der Waals surface area (Å²) in [6.45, 7) is -3.78. The molecule has 62 heavy (non-hydrogen) atoms. The van der Waals surface area contributed by atoms with Crippen LogP contribution in [0.4, 0.5) is 11.6 Å². The van der Waals surface area contributed by atoms with Gasteiger partial charge < -0.3 is 73.2 Å². The third-order valence-electron chi connectivity index (χ3n) is 9.99. The smallest absolute Gasteiger partial charge is 0.280 e. The standard InChI is InChI=1S/C39H58ClN9O13/c40-35-37(42)47-36(41)30(46-35)38(61)48-39(43)45-14-2-1-3-21-4-9-23(10-5-21)24-11-6-22(7-12-24)8-13-29(56)44-15-16-49(62,17-25(52)31(57)33(59)27(54)19-50)18-26(53)32(58)34(60)28(55)20-51/h4-7,9-12,25-28,31-34,50-55,57-60,62H,1-3,8,13-20H2,(H7-,41,42,43,44,45,47,48,56,61)/p+1/t25-,26-,27+,28+,31+,32+,33+,34+/m0/s1. The highest BCUT2D eigenvalue weighted by molar-refractivity contribution is 6.31. The molecule has 19 N–H and O–H groups in total. The molecule has 0 unspecified atom stereocenters. The molecule has 0 spiro atoms. The van der Waals surface area contributed by atoms with Crippen molar-refractivity contribution in [1.29, 1.82) is 5.41 Å². The highest BCUT2D eigenvalue weighted by atomic mass is 35.5. The number of halogens is 1. The number of carbonyl (C=O) groups is 2. The number of amides is 2. The van der Waals surface area contributed by atoms with Gasteiger partial charge in [-0.1, -0.05) is 60.1 Å². The number of nitrogen functional groups attached to an aromatic ring is 2. The molecular formula is C39H59ClN9O13+. The Morgan fingerprint density at radius 2 is 1.16 bits per heavy atom. The SMILES string of the molecule is N=C(NCCCCc1ccc(-c2ccc(CCC(=O)NCC[N+](O)(C[C@H](O)[C@@H](O)[C@H](O)[C@H](O)CO)C[C@H](O)[C@@H](O)[C@H](O)[C@H](O)CO)cc2)cc1)NC(=O)c1nc(Cl)c(N)nc1N. The number of benzene rings is 2. The van der Waals surface area contributed by atoms with Gasteiger partial charge in [0.2, 0.25) is 5.91 Å². The van der Waals surface area contributed by atoms with E-state index in [1.807, 2.05) is 48.5 Å². The minimum absolute atomic E-state index is 0.0488. The van der Waals surface area contributed by atoms with Crippen molar-refractivity contribution >= 4 is 41.0 Å². The molecule has 1 heterocycles. The summed E-state index contributed by atoms with van der Waals surface area (Å²) in [4.78, 5) is 32.7. The third-order valence-corrected chi connectivity index (χ3v) is 10.3. The number of anilines is 2. The molecule has 0 bridgehead atoms. The number of guanidine groups is 1. The first kappa shape index (κ1) is 51.7. The number of nitrogens with zero attached hydrogens (tertiary/aromatic N) is 3. The van der Waals surface area contributed by atoms with Crippen LogP contribution in [0.5, 0.6) is 0 Å². The van der Waals surface area contributed by atoms with Gasteiger partial charge in [0, 0.05) is 13.0 Å². The maximum Gasteiger partial charge on any atom is 0.280 e. The van der Waals surface area contributed by atoms with Gasteiger partial charge in [0.05, 0.1) is 19.8 Å². The molecule has 2 aromatic carbocycles. The van der Waals surface area contributed by atoms with E-state index in [4.69, 9.17) is 38.7 Å². The van der Waals surface area contributed by atoms with Crippen LogP contribution in [0.3, 0.4) is 0 Å². The van der Waals surface area contributed by atoms with Crippen LogP contribution < -0.4 is 27.4 Å². The fourth-order valence-corrected chi connectivity index (χ4v) is 6.39. The highest BCUT2D eigenvalue weighted by Gasteiger charge is 2.41. The van der Waals surface area contributed by atoms with Crippen LogP contribution >= 0.6 is 11.6 Å². The van der Waals surface area contributed by atoms with Gasteiger partial charge in [0.25, 0.3) is 5.91 Å². The monoisotopic (exact) mass is 896 g/mol. The number of quaternary nitrogens is 1. The van der Waals surface area contributed by atoms with Crippen molar-refractivity contribution in [2.24, 2.45) is 0 Å². The molecule has 3 rings (SSSR count). The Hall–Kier alpha value is -4.66. The molecule has 2 amide bonds. The Balaban J connectivity index is 1.45. The minimum Gasteiger partial charge on any atom is -0.394 e. The Morgan fingerprint density at radius 1 is 0.677 bits per heavy atom. The Labute approximate surface area is 362 Å². The van der Waals surface area contributed by atoms with E-state index < -0.39 is 98.1 Å². The first-order valence-corrected chi connectivity index (χ1v) is 20.1. The molecule has 0 fully saturated rings. The fraction of sp³-hybridized carbons (Fsp3) is 0.513. The minimum atomic E-state index is -2.08. The molecule has 0 saturated carbocycles. The van der Waals surface area contributed by atoms with Gasteiger partial charge >= 0.3 is 0 Å². The van der Waals surface area contributed by atoms with Gasteiger partial charge in [0.15, 0.2) is 28.4 Å². The van der Waals surface area contributed by atoms with E-state index in [2.05, 4.69) is 25.9 Å². The lowest BCUT2D eigenvalue weighted by atomic mass is 9.99. The lowest BCUT2D eigenvalue weighted by molar-refractivity contribution is -1.10. The van der Waals surface area contributed by atoms with Gasteiger partial charge in [-0.3, -0.25) is 20.3 Å². The summed E-state index contributed by atoms with van der Waals surface area (Å²) in [7, 11) is 0. The number of aromatic nitrogens is 2. The van der Waals surface area contributed by atoms with Crippen molar-refractivity contribution in [1.82, 2.24) is 25.9 Å². The normalized spacial score (nSPS) is 15.7. The number of aryl methyl sites for hydroxylation is 2. The number of hydrogen-bond acceptors (Lipinski definition) is 18. The number of nitrogens with one attached hydrogen (secondary N) is 4. The zero-order valence-electron chi connectivity index (χ0n) is 33.8. The first-order chi connectivity index (χ1) is 29.3. The number of aliphatic hydroxyl groups excluding tert-OH is 10. The lowest BCUT2D eigenvalue weighted by Crippen LogP contribution is -2.61. The lowest BCUT2D eigenvalue weighted by Gasteiger charge is -2.37. The van der Waals surface area contributed by atoms with E-state index in [-0.39, 0.29) is 41.4 Å². The molecule has 1 aromatic heterocycles. The van der Waals surface area contributed by atoms with E-state index in [0.717, 1.165) is 41.5 Å². The van der Waals surface area contributed by atoms with Crippen molar-refractivity contribution in [2.45, 2.75) is 80.9 Å². The summed E-state index contributed by atoms with van der Waals surface area (Å²) in [5.41, 5.74) is 14.9. The summed E-state index contributed by atoms with van der Waals surface area (Å²) >= 11 is 5.81. The second-order valence-electron chi connectivity index (χ2n) is 14.9.